The predicted octanol–water partition coefficient (Wildman–Crippen LogP) is 4.50. The Labute approximate surface area is 149 Å². The molecule has 1 aromatic carbocycles. The molecule has 2 heterocycles. The van der Waals surface area contributed by atoms with Crippen molar-refractivity contribution >= 4 is 12.2 Å². The number of aromatic nitrogens is 3. The lowest BCUT2D eigenvalue weighted by Crippen LogP contribution is -2.30. The molecule has 0 unspecified atom stereocenters. The predicted molar refractivity (Wildman–Crippen MR) is 99.0 cm³/mol. The second-order valence-corrected chi connectivity index (χ2v) is 7.48. The Hall–Kier alpha value is -1.46. The topological polar surface area (TPSA) is 26.0 Å². The second-order valence-electron chi connectivity index (χ2n) is 7.11. The first-order valence-corrected chi connectivity index (χ1v) is 9.71. The molecule has 2 aliphatic rings. The normalized spacial score (nSPS) is 19.8. The summed E-state index contributed by atoms with van der Waals surface area (Å²) in [5.41, 5.74) is 1.14. The Morgan fingerprint density at radius 2 is 1.62 bits per heavy atom. The van der Waals surface area contributed by atoms with Crippen molar-refractivity contribution in [3.8, 4) is 5.69 Å². The zero-order chi connectivity index (χ0) is 16.4. The Balaban J connectivity index is 1.63. The number of para-hydroxylation sites is 1. The summed E-state index contributed by atoms with van der Waals surface area (Å²) in [5.74, 6) is 1.73. The van der Waals surface area contributed by atoms with Gasteiger partial charge in [0.15, 0.2) is 0 Å². The zero-order valence-corrected chi connectivity index (χ0v) is 15.0. The molecule has 2 aromatic rings. The van der Waals surface area contributed by atoms with Gasteiger partial charge in [-0.2, -0.15) is 5.10 Å². The maximum Gasteiger partial charge on any atom is 0.203 e. The molecule has 0 bridgehead atoms. The van der Waals surface area contributed by atoms with Crippen LogP contribution in [0.1, 0.15) is 56.7 Å². The summed E-state index contributed by atoms with van der Waals surface area (Å²) in [5, 5.41) is 4.93. The molecular weight excluding hydrogens is 316 g/mol. The number of hydrogen-bond acceptors (Lipinski definition) is 3. The summed E-state index contributed by atoms with van der Waals surface area (Å²) >= 11 is 5.81. The molecule has 1 aliphatic heterocycles. The van der Waals surface area contributed by atoms with Crippen molar-refractivity contribution < 1.29 is 0 Å². The van der Waals surface area contributed by atoms with Gasteiger partial charge in [-0.15, -0.1) is 0 Å². The third-order valence-corrected chi connectivity index (χ3v) is 5.50. The van der Waals surface area contributed by atoms with Gasteiger partial charge in [-0.1, -0.05) is 37.5 Å². The van der Waals surface area contributed by atoms with E-state index in [1.807, 2.05) is 0 Å². The van der Waals surface area contributed by atoms with Crippen LogP contribution in [0.2, 0.25) is 0 Å². The van der Waals surface area contributed by atoms with E-state index in [2.05, 4.69) is 44.5 Å². The molecule has 2 fully saturated rings. The Kier molecular flexibility index (Phi) is 4.81. The van der Waals surface area contributed by atoms with Gasteiger partial charge in [-0.05, 0) is 63.1 Å². The first-order valence-electron chi connectivity index (χ1n) is 9.30. The van der Waals surface area contributed by atoms with Gasteiger partial charge >= 0.3 is 0 Å². The van der Waals surface area contributed by atoms with Gasteiger partial charge in [0, 0.05) is 11.6 Å². The van der Waals surface area contributed by atoms with E-state index in [1.165, 1.54) is 58.0 Å². The third-order valence-electron chi connectivity index (χ3n) is 5.10. The Bertz CT molecular complexity index is 722. The summed E-state index contributed by atoms with van der Waals surface area (Å²) in [6.07, 6.45) is 9.16. The van der Waals surface area contributed by atoms with Crippen molar-refractivity contribution in [2.45, 2.75) is 57.5 Å². The molecule has 1 saturated heterocycles. The van der Waals surface area contributed by atoms with Crippen LogP contribution in [0.5, 0.6) is 0 Å². The molecule has 4 rings (SSSR count). The molecule has 0 amide bonds. The highest BCUT2D eigenvalue weighted by Gasteiger charge is 2.30. The summed E-state index contributed by atoms with van der Waals surface area (Å²) in [4.78, 5) is 2.52. The Morgan fingerprint density at radius 1 is 0.958 bits per heavy atom. The van der Waals surface area contributed by atoms with Crippen molar-refractivity contribution in [3.63, 3.8) is 0 Å². The summed E-state index contributed by atoms with van der Waals surface area (Å²) in [6.45, 7) is 3.16. The lowest BCUT2D eigenvalue weighted by Gasteiger charge is -2.24. The largest absolute Gasteiger partial charge is 0.284 e. The number of hydrogen-bond donors (Lipinski definition) is 0. The summed E-state index contributed by atoms with van der Waals surface area (Å²) in [7, 11) is 0. The highest BCUT2D eigenvalue weighted by molar-refractivity contribution is 7.71. The molecule has 0 N–H and O–H groups in total. The lowest BCUT2D eigenvalue weighted by atomic mass is 10.1. The van der Waals surface area contributed by atoms with Crippen LogP contribution >= 0.6 is 12.2 Å². The van der Waals surface area contributed by atoms with Gasteiger partial charge in [-0.3, -0.25) is 9.47 Å². The van der Waals surface area contributed by atoms with Crippen LogP contribution in [-0.2, 0) is 6.67 Å². The molecule has 4 nitrogen and oxygen atoms in total. The molecule has 24 heavy (non-hydrogen) atoms. The quantitative estimate of drug-likeness (QED) is 0.765. The molecule has 128 valence electrons. The van der Waals surface area contributed by atoms with E-state index in [0.717, 1.165) is 23.0 Å². The van der Waals surface area contributed by atoms with Crippen molar-refractivity contribution in [3.05, 3.63) is 40.9 Å². The molecule has 1 saturated carbocycles. The highest BCUT2D eigenvalue weighted by Crippen LogP contribution is 2.40. The highest BCUT2D eigenvalue weighted by atomic mass is 32.1. The second kappa shape index (κ2) is 7.19. The number of nitrogens with zero attached hydrogens (tertiary/aromatic N) is 4. The zero-order valence-electron chi connectivity index (χ0n) is 14.2. The van der Waals surface area contributed by atoms with Crippen LogP contribution in [0.25, 0.3) is 5.69 Å². The minimum absolute atomic E-state index is 0.584. The van der Waals surface area contributed by atoms with E-state index in [0.29, 0.717) is 5.92 Å². The van der Waals surface area contributed by atoms with Gasteiger partial charge < -0.3 is 0 Å². The van der Waals surface area contributed by atoms with Gasteiger partial charge in [-0.25, -0.2) is 4.68 Å². The van der Waals surface area contributed by atoms with Crippen LogP contribution in [0.3, 0.4) is 0 Å². The molecular formula is C19H26N4S. The fourth-order valence-electron chi connectivity index (χ4n) is 3.59. The lowest BCUT2D eigenvalue weighted by molar-refractivity contribution is 0.187. The van der Waals surface area contributed by atoms with Gasteiger partial charge in [0.05, 0.1) is 6.67 Å². The molecule has 0 atom stereocenters. The van der Waals surface area contributed by atoms with Crippen molar-refractivity contribution in [1.29, 1.82) is 0 Å². The van der Waals surface area contributed by atoms with E-state index in [4.69, 9.17) is 17.3 Å². The van der Waals surface area contributed by atoms with E-state index in [-0.39, 0.29) is 0 Å². The van der Waals surface area contributed by atoms with E-state index < -0.39 is 0 Å². The Morgan fingerprint density at radius 3 is 2.29 bits per heavy atom. The fraction of sp³-hybridized carbons (Fsp3) is 0.579. The fourth-order valence-corrected chi connectivity index (χ4v) is 3.88. The summed E-state index contributed by atoms with van der Waals surface area (Å²) in [6, 6.07) is 10.5. The van der Waals surface area contributed by atoms with Gasteiger partial charge in [0.1, 0.15) is 5.82 Å². The smallest absolute Gasteiger partial charge is 0.203 e. The SMILES string of the molecule is S=c1n(CN2CCCCCCC2)nc(C2CC2)n1-c1ccccc1. The van der Waals surface area contributed by atoms with Gasteiger partial charge in [0.2, 0.25) is 4.77 Å². The third kappa shape index (κ3) is 3.47. The van der Waals surface area contributed by atoms with E-state index >= 15 is 0 Å². The molecule has 1 aromatic heterocycles. The van der Waals surface area contributed by atoms with Crippen LogP contribution in [0.4, 0.5) is 0 Å². The first-order chi connectivity index (χ1) is 11.8. The van der Waals surface area contributed by atoms with Crippen molar-refractivity contribution in [1.82, 2.24) is 19.2 Å². The van der Waals surface area contributed by atoms with Crippen LogP contribution in [0.15, 0.2) is 30.3 Å². The molecule has 5 heteroatoms. The average molecular weight is 343 g/mol. The number of benzene rings is 1. The molecule has 0 spiro atoms. The van der Waals surface area contributed by atoms with E-state index in [1.54, 1.807) is 0 Å². The van der Waals surface area contributed by atoms with Crippen LogP contribution in [-0.4, -0.2) is 32.3 Å². The standard InChI is InChI=1S/C19H26N4S/c24-19-22(15-21-13-7-2-1-3-8-14-21)20-18(16-11-12-16)23(19)17-9-5-4-6-10-17/h4-6,9-10,16H,1-3,7-8,11-15H2. The number of likely N-dealkylation sites (tertiary alicyclic amines) is 1. The minimum Gasteiger partial charge on any atom is -0.284 e. The first kappa shape index (κ1) is 16.0. The molecule has 0 radical (unpaired) electrons. The number of rotatable bonds is 4. The van der Waals surface area contributed by atoms with E-state index in [9.17, 15) is 0 Å². The maximum absolute atomic E-state index is 5.81. The van der Waals surface area contributed by atoms with Crippen molar-refractivity contribution in [2.75, 3.05) is 13.1 Å². The summed E-state index contributed by atoms with van der Waals surface area (Å²) < 4.78 is 5.08. The maximum atomic E-state index is 5.81. The van der Waals surface area contributed by atoms with Crippen LogP contribution in [0, 0.1) is 4.77 Å². The van der Waals surface area contributed by atoms with Crippen molar-refractivity contribution in [2.24, 2.45) is 0 Å². The average Bonchev–Trinajstić information content (AvgIpc) is 3.36. The van der Waals surface area contributed by atoms with Crippen LogP contribution < -0.4 is 0 Å². The van der Waals surface area contributed by atoms with Gasteiger partial charge in [0.25, 0.3) is 0 Å². The monoisotopic (exact) mass is 342 g/mol. The minimum atomic E-state index is 0.584. The molecule has 1 aliphatic carbocycles.